The summed E-state index contributed by atoms with van der Waals surface area (Å²) in [6.07, 6.45) is 2.15. The van der Waals surface area contributed by atoms with E-state index in [2.05, 4.69) is 15.0 Å². The highest BCUT2D eigenvalue weighted by Gasteiger charge is 2.28. The summed E-state index contributed by atoms with van der Waals surface area (Å²) in [5.74, 6) is 1.45. The second-order valence-corrected chi connectivity index (χ2v) is 10.4. The van der Waals surface area contributed by atoms with E-state index in [1.165, 1.54) is 19.2 Å². The monoisotopic (exact) mass is 530 g/mol. The van der Waals surface area contributed by atoms with E-state index in [4.69, 9.17) is 15.6 Å². The molecule has 0 atom stereocenters. The Morgan fingerprint density at radius 3 is 2.50 bits per heavy atom. The number of nitrogens with one attached hydrogen (secondary N) is 4. The van der Waals surface area contributed by atoms with Crippen LogP contribution in [0.1, 0.15) is 19.5 Å². The average Bonchev–Trinajstić information content (AvgIpc) is 3.06. The van der Waals surface area contributed by atoms with Crippen LogP contribution in [0.2, 0.25) is 0 Å². The highest BCUT2D eigenvalue weighted by Crippen LogP contribution is 2.34. The van der Waals surface area contributed by atoms with Gasteiger partial charge >= 0.3 is 0 Å². The van der Waals surface area contributed by atoms with E-state index in [1.54, 1.807) is 29.3 Å². The molecule has 3 aromatic carbocycles. The van der Waals surface area contributed by atoms with Gasteiger partial charge in [0, 0.05) is 26.7 Å². The van der Waals surface area contributed by atoms with Gasteiger partial charge in [0.05, 0.1) is 23.4 Å². The number of ether oxygens (including phenoxy) is 1. The first-order valence-corrected chi connectivity index (χ1v) is 13.4. The molecule has 4 aromatic rings. The number of hydrogen-bond donors (Lipinski definition) is 4. The van der Waals surface area contributed by atoms with Gasteiger partial charge in [0.2, 0.25) is 10.0 Å². The van der Waals surface area contributed by atoms with Gasteiger partial charge in [0.1, 0.15) is 17.4 Å². The van der Waals surface area contributed by atoms with Crippen molar-refractivity contribution in [3.63, 3.8) is 0 Å². The lowest BCUT2D eigenvalue weighted by molar-refractivity contribution is 0.414. The highest BCUT2D eigenvalue weighted by molar-refractivity contribution is 7.89. The lowest BCUT2D eigenvalue weighted by Gasteiger charge is -2.25. The van der Waals surface area contributed by atoms with Crippen LogP contribution in [0.3, 0.4) is 0 Å². The molecular formula is C28H30N6O3S. The number of aromatic nitrogens is 1. The van der Waals surface area contributed by atoms with Crippen LogP contribution >= 0.6 is 0 Å². The van der Waals surface area contributed by atoms with Gasteiger partial charge in [-0.15, -0.1) is 0 Å². The number of benzene rings is 3. The van der Waals surface area contributed by atoms with E-state index in [9.17, 15) is 8.42 Å². The van der Waals surface area contributed by atoms with Crippen LogP contribution in [0, 0.1) is 10.8 Å². The molecule has 2 heterocycles. The third kappa shape index (κ3) is 4.99. The maximum atomic E-state index is 12.6. The zero-order valence-corrected chi connectivity index (χ0v) is 21.4. The summed E-state index contributed by atoms with van der Waals surface area (Å²) < 4.78 is 32.8. The van der Waals surface area contributed by atoms with Crippen molar-refractivity contribution in [2.45, 2.75) is 11.3 Å². The summed E-state index contributed by atoms with van der Waals surface area (Å²) in [4.78, 5) is 6.17. The predicted molar refractivity (Wildman–Crippen MR) is 153 cm³/mol. The van der Waals surface area contributed by atoms with E-state index < -0.39 is 10.0 Å². The van der Waals surface area contributed by atoms with Crippen LogP contribution in [-0.4, -0.2) is 38.7 Å². The van der Waals surface area contributed by atoms with Crippen molar-refractivity contribution in [1.29, 1.82) is 10.8 Å². The lowest BCUT2D eigenvalue weighted by Crippen LogP contribution is -2.36. The Kier molecular flexibility index (Phi) is 6.91. The largest absolute Gasteiger partial charge is 0.497 e. The van der Waals surface area contributed by atoms with Gasteiger partial charge in [-0.25, -0.2) is 18.1 Å². The summed E-state index contributed by atoms with van der Waals surface area (Å²) in [6, 6.07) is 24.6. The second kappa shape index (κ2) is 10.4. The normalized spacial score (nSPS) is 12.7. The molecule has 4 N–H and O–H groups in total. The van der Waals surface area contributed by atoms with Crippen LogP contribution in [0.5, 0.6) is 5.75 Å². The summed E-state index contributed by atoms with van der Waals surface area (Å²) >= 11 is 0. The summed E-state index contributed by atoms with van der Waals surface area (Å²) in [5, 5.41) is 21.2. The van der Waals surface area contributed by atoms with Crippen molar-refractivity contribution < 1.29 is 16.0 Å². The first kappa shape index (κ1) is 25.1. The van der Waals surface area contributed by atoms with Crippen molar-refractivity contribution in [3.8, 4) is 5.75 Å². The third-order valence-corrected chi connectivity index (χ3v) is 7.69. The number of amidine groups is 2. The number of pyridine rings is 1. The molecule has 0 saturated carbocycles. The molecule has 0 saturated heterocycles. The van der Waals surface area contributed by atoms with Crippen LogP contribution in [0.4, 0.5) is 17.2 Å². The molecule has 0 bridgehead atoms. The Morgan fingerprint density at radius 2 is 1.76 bits per heavy atom. The molecule has 1 aliphatic heterocycles. The Morgan fingerprint density at radius 1 is 1.03 bits per heavy atom. The number of sulfonamides is 1. The smallest absolute Gasteiger partial charge is 0.240 e. The SMILES string of the molecule is COc1ccc(S(=O)(=O)NCCc2ccc(C(=N)N3C(=N)c4ccccc4Nc4ncccc43)cc2)cc1.[HH].[HH]. The van der Waals surface area contributed by atoms with Gasteiger partial charge in [-0.2, -0.15) is 0 Å². The zero-order valence-electron chi connectivity index (χ0n) is 20.6. The molecule has 10 heteroatoms. The fraction of sp³-hybridized carbons (Fsp3) is 0.107. The summed E-state index contributed by atoms with van der Waals surface area (Å²) in [7, 11) is -2.11. The number of hydrogen-bond acceptors (Lipinski definition) is 7. The van der Waals surface area contributed by atoms with Crippen molar-refractivity contribution in [2.75, 3.05) is 23.9 Å². The number of para-hydroxylation sites is 1. The maximum absolute atomic E-state index is 12.6. The fourth-order valence-electron chi connectivity index (χ4n) is 4.20. The van der Waals surface area contributed by atoms with Crippen LogP contribution < -0.4 is 19.7 Å². The zero-order chi connectivity index (χ0) is 26.7. The van der Waals surface area contributed by atoms with Gasteiger partial charge in [-0.05, 0) is 60.5 Å². The number of fused-ring (bicyclic) bond motifs is 2. The van der Waals surface area contributed by atoms with Crippen molar-refractivity contribution in [3.05, 3.63) is 108 Å². The molecule has 0 spiro atoms. The molecule has 0 unspecified atom stereocenters. The first-order valence-electron chi connectivity index (χ1n) is 11.9. The number of nitrogens with zero attached hydrogens (tertiary/aromatic N) is 2. The molecule has 1 aliphatic rings. The maximum Gasteiger partial charge on any atom is 0.240 e. The minimum absolute atomic E-state index is 0. The molecule has 0 aliphatic carbocycles. The number of methoxy groups -OCH3 is 1. The third-order valence-electron chi connectivity index (χ3n) is 6.21. The minimum atomic E-state index is -3.64. The van der Waals surface area contributed by atoms with Crippen molar-refractivity contribution in [2.24, 2.45) is 0 Å². The molecule has 196 valence electrons. The summed E-state index contributed by atoms with van der Waals surface area (Å²) in [5.41, 5.74) is 3.55. The van der Waals surface area contributed by atoms with E-state index in [0.717, 1.165) is 11.3 Å². The molecular weight excluding hydrogens is 500 g/mol. The minimum Gasteiger partial charge on any atom is -0.497 e. The Balaban J connectivity index is 0.00000220. The first-order chi connectivity index (χ1) is 18.4. The Hall–Kier alpha value is -4.54. The fourth-order valence-corrected chi connectivity index (χ4v) is 5.23. The Labute approximate surface area is 224 Å². The van der Waals surface area contributed by atoms with Crippen LogP contribution in [0.15, 0.2) is 96.0 Å². The van der Waals surface area contributed by atoms with Crippen molar-refractivity contribution in [1.82, 2.24) is 9.71 Å². The molecule has 38 heavy (non-hydrogen) atoms. The molecule has 0 amide bonds. The summed E-state index contributed by atoms with van der Waals surface area (Å²) in [6.45, 7) is 0.226. The number of anilines is 3. The van der Waals surface area contributed by atoms with Gasteiger partial charge in [-0.3, -0.25) is 15.7 Å². The van der Waals surface area contributed by atoms with Gasteiger partial charge in [0.25, 0.3) is 0 Å². The van der Waals surface area contributed by atoms with E-state index in [0.29, 0.717) is 34.8 Å². The molecule has 5 rings (SSSR count). The average molecular weight is 531 g/mol. The van der Waals surface area contributed by atoms with E-state index in [-0.39, 0.29) is 26.0 Å². The molecule has 0 fully saturated rings. The van der Waals surface area contributed by atoms with Crippen LogP contribution in [0.25, 0.3) is 0 Å². The second-order valence-electron chi connectivity index (χ2n) is 8.59. The van der Waals surface area contributed by atoms with Crippen LogP contribution in [-0.2, 0) is 16.4 Å². The Bertz CT molecular complexity index is 1610. The standard InChI is InChI=1S/C28H26N6O3S.2H2/c1-37-21-12-14-22(15-13-21)38(35,36)32-18-16-19-8-10-20(11-9-19)26(29)34-25-7-4-17-31-28(25)33-24-6-3-2-5-23(24)27(34)30;;/h2-15,17,29-30,32H,16,18H2,1H3,(H,31,33);2*1H. The molecule has 0 radical (unpaired) electrons. The quantitative estimate of drug-likeness (QED) is 0.196. The van der Waals surface area contributed by atoms with Gasteiger partial charge in [-0.1, -0.05) is 36.4 Å². The number of rotatable bonds is 7. The van der Waals surface area contributed by atoms with Gasteiger partial charge < -0.3 is 10.1 Å². The topological polar surface area (TPSA) is 131 Å². The molecule has 1 aromatic heterocycles. The lowest BCUT2D eigenvalue weighted by atomic mass is 10.1. The highest BCUT2D eigenvalue weighted by atomic mass is 32.2. The van der Waals surface area contributed by atoms with Crippen molar-refractivity contribution >= 4 is 38.9 Å². The van der Waals surface area contributed by atoms with E-state index in [1.807, 2.05) is 54.6 Å². The van der Waals surface area contributed by atoms with Gasteiger partial charge in [0.15, 0.2) is 5.82 Å². The molecule has 9 nitrogen and oxygen atoms in total. The van der Waals surface area contributed by atoms with E-state index >= 15 is 0 Å². The predicted octanol–water partition coefficient (Wildman–Crippen LogP) is 5.02.